The minimum absolute atomic E-state index is 0.0262. The van der Waals surface area contributed by atoms with Crippen molar-refractivity contribution in [2.45, 2.75) is 43.7 Å². The number of carbonyl (C=O) groups excluding carboxylic acids is 1. The highest BCUT2D eigenvalue weighted by atomic mass is 32.2. The molecule has 1 aliphatic heterocycles. The van der Waals surface area contributed by atoms with E-state index in [0.29, 0.717) is 31.0 Å². The molecule has 0 radical (unpaired) electrons. The third-order valence-corrected chi connectivity index (χ3v) is 5.60. The van der Waals surface area contributed by atoms with Crippen LogP contribution in [0, 0.1) is 0 Å². The van der Waals surface area contributed by atoms with E-state index in [2.05, 4.69) is 19.8 Å². The molecule has 2 aromatic rings. The van der Waals surface area contributed by atoms with Crippen molar-refractivity contribution in [3.8, 4) is 0 Å². The van der Waals surface area contributed by atoms with E-state index in [-0.39, 0.29) is 16.9 Å². The van der Waals surface area contributed by atoms with Gasteiger partial charge in [0, 0.05) is 25.6 Å². The molecule has 136 valence electrons. The maximum atomic E-state index is 12.7. The van der Waals surface area contributed by atoms with Gasteiger partial charge in [0.05, 0.1) is 12.4 Å². The summed E-state index contributed by atoms with van der Waals surface area (Å²) in [6.07, 6.45) is 4.04. The second-order valence-corrected chi connectivity index (χ2v) is 8.09. The molecule has 0 aliphatic carbocycles. The van der Waals surface area contributed by atoms with Crippen LogP contribution in [0.15, 0.2) is 23.5 Å². The summed E-state index contributed by atoms with van der Waals surface area (Å²) in [5.41, 5.74) is 0. The van der Waals surface area contributed by atoms with Crippen molar-refractivity contribution >= 4 is 21.7 Å². The summed E-state index contributed by atoms with van der Waals surface area (Å²) in [5, 5.41) is 4.04. The largest absolute Gasteiger partial charge is 0.332 e. The standard InChI is InChI=1S/C15H22N6O3S/c1-10(2)14-16-9-12(18-14)25(23,24)19-11-5-4-8-21(15(11)22)13-6-7-17-20(13)3/h6-7,9-11,19H,4-5,8H2,1-3H3,(H,16,18)/t11-/m0/s1. The van der Waals surface area contributed by atoms with Crippen molar-refractivity contribution in [2.24, 2.45) is 7.05 Å². The summed E-state index contributed by atoms with van der Waals surface area (Å²) in [7, 11) is -2.10. The van der Waals surface area contributed by atoms with Gasteiger partial charge in [-0.05, 0) is 12.8 Å². The van der Waals surface area contributed by atoms with Crippen molar-refractivity contribution in [3.05, 3.63) is 24.3 Å². The van der Waals surface area contributed by atoms with E-state index in [1.54, 1.807) is 28.9 Å². The zero-order chi connectivity index (χ0) is 18.2. The quantitative estimate of drug-likeness (QED) is 0.810. The lowest BCUT2D eigenvalue weighted by Gasteiger charge is -2.32. The van der Waals surface area contributed by atoms with Crippen LogP contribution in [-0.4, -0.2) is 46.7 Å². The molecule has 3 rings (SSSR count). The van der Waals surface area contributed by atoms with Gasteiger partial charge in [-0.25, -0.2) is 13.4 Å². The molecular formula is C15H22N6O3S. The van der Waals surface area contributed by atoms with Crippen LogP contribution in [0.4, 0.5) is 5.82 Å². The van der Waals surface area contributed by atoms with Crippen molar-refractivity contribution in [2.75, 3.05) is 11.4 Å². The van der Waals surface area contributed by atoms with Crippen LogP contribution in [0.25, 0.3) is 0 Å². The van der Waals surface area contributed by atoms with Gasteiger partial charge in [-0.1, -0.05) is 13.8 Å². The Bertz CT molecular complexity index is 869. The molecule has 1 atom stereocenters. The molecule has 0 bridgehead atoms. The number of aromatic amines is 1. The van der Waals surface area contributed by atoms with Gasteiger partial charge in [-0.2, -0.15) is 9.82 Å². The molecule has 25 heavy (non-hydrogen) atoms. The molecule has 2 aromatic heterocycles. The van der Waals surface area contributed by atoms with Crippen molar-refractivity contribution in [1.29, 1.82) is 0 Å². The zero-order valence-corrected chi connectivity index (χ0v) is 15.2. The van der Waals surface area contributed by atoms with Crippen LogP contribution in [0.1, 0.15) is 38.4 Å². The van der Waals surface area contributed by atoms with E-state index in [1.807, 2.05) is 13.8 Å². The fraction of sp³-hybridized carbons (Fsp3) is 0.533. The van der Waals surface area contributed by atoms with Crippen molar-refractivity contribution in [3.63, 3.8) is 0 Å². The van der Waals surface area contributed by atoms with Gasteiger partial charge in [0.1, 0.15) is 17.7 Å². The third-order valence-electron chi connectivity index (χ3n) is 4.22. The first-order chi connectivity index (χ1) is 11.8. The number of aryl methyl sites for hydroxylation is 1. The predicted molar refractivity (Wildman–Crippen MR) is 91.6 cm³/mol. The lowest BCUT2D eigenvalue weighted by Crippen LogP contribution is -2.52. The van der Waals surface area contributed by atoms with Gasteiger partial charge in [0.15, 0.2) is 5.03 Å². The fourth-order valence-electron chi connectivity index (χ4n) is 2.84. The second-order valence-electron chi connectivity index (χ2n) is 6.41. The zero-order valence-electron chi connectivity index (χ0n) is 14.4. The number of amides is 1. The molecule has 0 unspecified atom stereocenters. The average Bonchev–Trinajstić information content (AvgIpc) is 3.19. The highest BCUT2D eigenvalue weighted by Crippen LogP contribution is 2.21. The predicted octanol–water partition coefficient (Wildman–Crippen LogP) is 0.741. The van der Waals surface area contributed by atoms with E-state index in [9.17, 15) is 13.2 Å². The number of sulfonamides is 1. The number of nitrogens with zero attached hydrogens (tertiary/aromatic N) is 4. The topological polar surface area (TPSA) is 113 Å². The van der Waals surface area contributed by atoms with E-state index in [4.69, 9.17) is 0 Å². The van der Waals surface area contributed by atoms with Gasteiger partial charge in [0.25, 0.3) is 10.0 Å². The Hall–Kier alpha value is -2.20. The molecule has 0 aromatic carbocycles. The first-order valence-corrected chi connectivity index (χ1v) is 9.64. The average molecular weight is 366 g/mol. The monoisotopic (exact) mass is 366 g/mol. The minimum atomic E-state index is -3.85. The lowest BCUT2D eigenvalue weighted by molar-refractivity contribution is -0.121. The number of hydrogen-bond donors (Lipinski definition) is 2. The molecule has 1 fully saturated rings. The van der Waals surface area contributed by atoms with E-state index in [1.165, 1.54) is 6.20 Å². The maximum Gasteiger partial charge on any atom is 0.258 e. The Kier molecular flexibility index (Phi) is 4.65. The number of H-pyrrole nitrogens is 1. The van der Waals surface area contributed by atoms with Crippen LogP contribution >= 0.6 is 0 Å². The Morgan fingerprint density at radius 1 is 1.40 bits per heavy atom. The van der Waals surface area contributed by atoms with Gasteiger partial charge < -0.3 is 4.98 Å². The highest BCUT2D eigenvalue weighted by molar-refractivity contribution is 7.89. The Morgan fingerprint density at radius 2 is 2.16 bits per heavy atom. The number of nitrogens with one attached hydrogen (secondary N) is 2. The summed E-state index contributed by atoms with van der Waals surface area (Å²) in [4.78, 5) is 21.2. The van der Waals surface area contributed by atoms with Crippen molar-refractivity contribution in [1.82, 2.24) is 24.5 Å². The number of imidazole rings is 1. The molecule has 1 aliphatic rings. The number of rotatable bonds is 5. The first kappa shape index (κ1) is 17.6. The van der Waals surface area contributed by atoms with Gasteiger partial charge >= 0.3 is 0 Å². The number of piperidine rings is 1. The lowest BCUT2D eigenvalue weighted by atomic mass is 10.1. The summed E-state index contributed by atoms with van der Waals surface area (Å²) in [6.45, 7) is 4.37. The number of anilines is 1. The smallest absolute Gasteiger partial charge is 0.258 e. The normalized spacial score (nSPS) is 19.0. The minimum Gasteiger partial charge on any atom is -0.332 e. The Morgan fingerprint density at radius 3 is 2.76 bits per heavy atom. The van der Waals surface area contributed by atoms with E-state index < -0.39 is 16.1 Å². The van der Waals surface area contributed by atoms with Crippen LogP contribution < -0.4 is 9.62 Å². The fourth-order valence-corrected chi connectivity index (χ4v) is 3.99. The van der Waals surface area contributed by atoms with Gasteiger partial charge in [0.2, 0.25) is 5.91 Å². The van der Waals surface area contributed by atoms with Crippen LogP contribution in [0.2, 0.25) is 0 Å². The number of hydrogen-bond acceptors (Lipinski definition) is 5. The van der Waals surface area contributed by atoms with E-state index in [0.717, 1.165) is 0 Å². The van der Waals surface area contributed by atoms with Crippen LogP contribution in [-0.2, 0) is 21.9 Å². The Balaban J connectivity index is 1.79. The molecule has 0 spiro atoms. The molecule has 2 N–H and O–H groups in total. The van der Waals surface area contributed by atoms with Gasteiger partial charge in [-0.3, -0.25) is 14.4 Å². The van der Waals surface area contributed by atoms with Crippen molar-refractivity contribution < 1.29 is 13.2 Å². The SMILES string of the molecule is CC(C)c1ncc(S(=O)(=O)N[C@H]2CCCN(c3ccnn3C)C2=O)[nH]1. The van der Waals surface area contributed by atoms with Crippen LogP contribution in [0.5, 0.6) is 0 Å². The number of carbonyl (C=O) groups is 1. The molecular weight excluding hydrogens is 344 g/mol. The molecule has 3 heterocycles. The summed E-state index contributed by atoms with van der Waals surface area (Å²) >= 11 is 0. The summed E-state index contributed by atoms with van der Waals surface area (Å²) in [5.74, 6) is 1.05. The summed E-state index contributed by atoms with van der Waals surface area (Å²) < 4.78 is 29.2. The third kappa shape index (κ3) is 3.45. The molecule has 9 nitrogen and oxygen atoms in total. The molecule has 10 heteroatoms. The number of aromatic nitrogens is 4. The molecule has 1 saturated heterocycles. The first-order valence-electron chi connectivity index (χ1n) is 8.16. The molecule has 0 saturated carbocycles. The van der Waals surface area contributed by atoms with Gasteiger partial charge in [-0.15, -0.1) is 0 Å². The Labute approximate surface area is 146 Å². The highest BCUT2D eigenvalue weighted by Gasteiger charge is 2.34. The van der Waals surface area contributed by atoms with E-state index >= 15 is 0 Å². The summed E-state index contributed by atoms with van der Waals surface area (Å²) in [6, 6.07) is 0.929. The second kappa shape index (κ2) is 6.60. The molecule has 1 amide bonds. The van der Waals surface area contributed by atoms with Crippen LogP contribution in [0.3, 0.4) is 0 Å². The maximum absolute atomic E-state index is 12.7.